The molecule has 10 heavy (non-hydrogen) atoms. The van der Waals surface area contributed by atoms with Gasteiger partial charge in [-0.2, -0.15) is 13.2 Å². The summed E-state index contributed by atoms with van der Waals surface area (Å²) in [6.07, 6.45) is -4.46. The summed E-state index contributed by atoms with van der Waals surface area (Å²) in [5.74, 6) is 0.302. The molecule has 1 rings (SSSR count). The summed E-state index contributed by atoms with van der Waals surface area (Å²) in [7, 11) is 0. The molecule has 1 atom stereocenters. The Kier molecular flexibility index (Phi) is 1.86. The lowest BCUT2D eigenvalue weighted by Gasteiger charge is -2.24. The maximum atomic E-state index is 11.9. The summed E-state index contributed by atoms with van der Waals surface area (Å²) in [6, 6.07) is 0. The van der Waals surface area contributed by atoms with Crippen molar-refractivity contribution in [2.45, 2.75) is 11.2 Å². The maximum absolute atomic E-state index is 11.9. The molecule has 0 saturated carbocycles. The van der Waals surface area contributed by atoms with Crippen LogP contribution in [0.15, 0.2) is 0 Å². The maximum Gasteiger partial charge on any atom is 0.441 e. The second kappa shape index (κ2) is 2.28. The lowest BCUT2D eigenvalue weighted by atomic mass is 10.5. The Labute approximate surface area is 59.9 Å². The van der Waals surface area contributed by atoms with Crippen LogP contribution in [0.25, 0.3) is 0 Å². The Morgan fingerprint density at radius 2 is 2.10 bits per heavy atom. The molecule has 2 nitrogen and oxygen atoms in total. The molecule has 1 saturated heterocycles. The highest BCUT2D eigenvalue weighted by Gasteiger charge is 2.56. The summed E-state index contributed by atoms with van der Waals surface area (Å²) in [5, 5.41) is -2.45. The van der Waals surface area contributed by atoms with Gasteiger partial charge in [-0.15, -0.1) is 0 Å². The van der Waals surface area contributed by atoms with Crippen molar-refractivity contribution in [3.63, 3.8) is 0 Å². The van der Waals surface area contributed by atoms with Gasteiger partial charge >= 0.3 is 6.18 Å². The number of halogens is 3. The van der Waals surface area contributed by atoms with E-state index in [-0.39, 0.29) is 6.61 Å². The number of thioether (sulfide) groups is 1. The van der Waals surface area contributed by atoms with Gasteiger partial charge in [-0.25, -0.2) is 0 Å². The molecule has 0 amide bonds. The van der Waals surface area contributed by atoms with Gasteiger partial charge in [0.2, 0.25) is 0 Å². The first-order chi connectivity index (χ1) is 4.46. The lowest BCUT2D eigenvalue weighted by Crippen LogP contribution is -2.50. The fourth-order valence-corrected chi connectivity index (χ4v) is 1.39. The van der Waals surface area contributed by atoms with Crippen LogP contribution in [0.1, 0.15) is 0 Å². The van der Waals surface area contributed by atoms with E-state index in [4.69, 9.17) is 5.73 Å². The van der Waals surface area contributed by atoms with Crippen molar-refractivity contribution in [3.05, 3.63) is 0 Å². The quantitative estimate of drug-likeness (QED) is 0.591. The monoisotopic (exact) mass is 173 g/mol. The average molecular weight is 173 g/mol. The summed E-state index contributed by atoms with van der Waals surface area (Å²) in [5.41, 5.74) is 4.85. The third-order valence-corrected chi connectivity index (χ3v) is 2.26. The van der Waals surface area contributed by atoms with Crippen molar-refractivity contribution in [1.82, 2.24) is 0 Å². The molecule has 60 valence electrons. The Balaban J connectivity index is 2.67. The summed E-state index contributed by atoms with van der Waals surface area (Å²) < 4.78 is 39.9. The third kappa shape index (κ3) is 1.23. The van der Waals surface area contributed by atoms with Crippen LogP contribution in [0.4, 0.5) is 13.2 Å². The number of hydrogen-bond acceptors (Lipinski definition) is 3. The number of rotatable bonds is 0. The number of hydrogen-bond donors (Lipinski definition) is 1. The fraction of sp³-hybridized carbons (Fsp3) is 1.00. The van der Waals surface area contributed by atoms with Crippen LogP contribution in [0, 0.1) is 0 Å². The molecule has 1 aliphatic heterocycles. The highest BCUT2D eigenvalue weighted by atomic mass is 32.2. The minimum absolute atomic E-state index is 0.0701. The first kappa shape index (κ1) is 8.16. The van der Waals surface area contributed by atoms with Gasteiger partial charge in [-0.05, 0) is 0 Å². The SMILES string of the molecule is NC1(C(F)(F)F)OCCS1. The predicted molar refractivity (Wildman–Crippen MR) is 31.4 cm³/mol. The van der Waals surface area contributed by atoms with E-state index in [1.54, 1.807) is 0 Å². The molecule has 1 aliphatic rings. The van der Waals surface area contributed by atoms with E-state index in [1.807, 2.05) is 0 Å². The minimum atomic E-state index is -4.46. The molecule has 2 N–H and O–H groups in total. The third-order valence-electron chi connectivity index (χ3n) is 1.11. The second-order valence-corrected chi connectivity index (χ2v) is 3.17. The molecule has 0 aromatic heterocycles. The van der Waals surface area contributed by atoms with Gasteiger partial charge in [-0.3, -0.25) is 5.73 Å². The molecular formula is C4H6F3NOS. The van der Waals surface area contributed by atoms with E-state index in [0.717, 1.165) is 0 Å². The van der Waals surface area contributed by atoms with Crippen LogP contribution >= 0.6 is 11.8 Å². The first-order valence-electron chi connectivity index (χ1n) is 2.59. The van der Waals surface area contributed by atoms with E-state index in [2.05, 4.69) is 4.74 Å². The van der Waals surface area contributed by atoms with Crippen LogP contribution in [-0.4, -0.2) is 23.6 Å². The van der Waals surface area contributed by atoms with E-state index in [0.29, 0.717) is 17.5 Å². The normalized spacial score (nSPS) is 34.8. The van der Waals surface area contributed by atoms with E-state index in [9.17, 15) is 13.2 Å². The molecule has 0 bridgehead atoms. The van der Waals surface area contributed by atoms with Gasteiger partial charge < -0.3 is 4.74 Å². The topological polar surface area (TPSA) is 35.2 Å². The Bertz CT molecular complexity index is 131. The molecule has 6 heteroatoms. The van der Waals surface area contributed by atoms with Crippen molar-refractivity contribution < 1.29 is 17.9 Å². The highest BCUT2D eigenvalue weighted by molar-refractivity contribution is 8.00. The largest absolute Gasteiger partial charge is 0.441 e. The van der Waals surface area contributed by atoms with Crippen molar-refractivity contribution in [1.29, 1.82) is 0 Å². The summed E-state index contributed by atoms with van der Waals surface area (Å²) in [6.45, 7) is 0.0701. The average Bonchev–Trinajstić information content (AvgIpc) is 2.13. The fourth-order valence-electron chi connectivity index (χ4n) is 0.592. The highest BCUT2D eigenvalue weighted by Crippen LogP contribution is 2.41. The van der Waals surface area contributed by atoms with Gasteiger partial charge in [0, 0.05) is 5.75 Å². The van der Waals surface area contributed by atoms with Crippen LogP contribution in [0.3, 0.4) is 0 Å². The Morgan fingerprint density at radius 1 is 1.50 bits per heavy atom. The second-order valence-electron chi connectivity index (χ2n) is 1.86. The smallest absolute Gasteiger partial charge is 0.343 e. The number of ether oxygens (including phenoxy) is 1. The van der Waals surface area contributed by atoms with Gasteiger partial charge in [-0.1, -0.05) is 11.8 Å². The zero-order valence-corrected chi connectivity index (χ0v) is 5.76. The van der Waals surface area contributed by atoms with Gasteiger partial charge in [0.1, 0.15) is 0 Å². The molecule has 0 aromatic carbocycles. The molecule has 0 aliphatic carbocycles. The molecule has 0 spiro atoms. The molecule has 1 fully saturated rings. The standard InChI is InChI=1S/C4H6F3NOS/c5-3(6,7)4(8)9-1-2-10-4/h1-2,8H2. The summed E-state index contributed by atoms with van der Waals surface area (Å²) in [4.78, 5) is 0. The Morgan fingerprint density at radius 3 is 2.30 bits per heavy atom. The van der Waals surface area contributed by atoms with Crippen molar-refractivity contribution in [2.24, 2.45) is 5.73 Å². The van der Waals surface area contributed by atoms with Crippen LogP contribution in [0.5, 0.6) is 0 Å². The molecule has 0 radical (unpaired) electrons. The zero-order chi connectivity index (χ0) is 7.83. The van der Waals surface area contributed by atoms with Crippen LogP contribution in [0.2, 0.25) is 0 Å². The van der Waals surface area contributed by atoms with Crippen molar-refractivity contribution in [2.75, 3.05) is 12.4 Å². The Hall–Kier alpha value is 0.0600. The zero-order valence-electron chi connectivity index (χ0n) is 4.94. The van der Waals surface area contributed by atoms with Crippen LogP contribution < -0.4 is 5.73 Å². The molecular weight excluding hydrogens is 167 g/mol. The lowest BCUT2D eigenvalue weighted by molar-refractivity contribution is -0.229. The molecule has 1 unspecified atom stereocenters. The van der Waals surface area contributed by atoms with Crippen LogP contribution in [-0.2, 0) is 4.74 Å². The van der Waals surface area contributed by atoms with Gasteiger partial charge in [0.25, 0.3) is 5.06 Å². The predicted octanol–water partition coefficient (Wildman–Crippen LogP) is 0.925. The number of nitrogens with two attached hydrogens (primary N) is 1. The van der Waals surface area contributed by atoms with Crippen molar-refractivity contribution >= 4 is 11.8 Å². The van der Waals surface area contributed by atoms with Gasteiger partial charge in [0.15, 0.2) is 0 Å². The number of alkyl halides is 3. The molecule has 0 aromatic rings. The van der Waals surface area contributed by atoms with E-state index < -0.39 is 11.2 Å². The van der Waals surface area contributed by atoms with Gasteiger partial charge in [0.05, 0.1) is 6.61 Å². The van der Waals surface area contributed by atoms with E-state index >= 15 is 0 Å². The first-order valence-corrected chi connectivity index (χ1v) is 3.58. The van der Waals surface area contributed by atoms with Crippen molar-refractivity contribution in [3.8, 4) is 0 Å². The minimum Gasteiger partial charge on any atom is -0.343 e. The molecule has 1 heterocycles. The van der Waals surface area contributed by atoms with E-state index in [1.165, 1.54) is 0 Å². The summed E-state index contributed by atoms with van der Waals surface area (Å²) >= 11 is 0.582.